The zero-order valence-corrected chi connectivity index (χ0v) is 10.8. The van der Waals surface area contributed by atoms with Crippen LogP contribution < -0.4 is 5.32 Å². The normalized spacial score (nSPS) is 30.0. The number of hydrogen-bond donors (Lipinski definition) is 1. The Labute approximate surface area is 107 Å². The van der Waals surface area contributed by atoms with Gasteiger partial charge in [-0.2, -0.15) is 5.26 Å². The third-order valence-corrected chi connectivity index (χ3v) is 3.83. The van der Waals surface area contributed by atoms with Crippen molar-refractivity contribution in [1.82, 2.24) is 5.32 Å². The number of nitriles is 1. The summed E-state index contributed by atoms with van der Waals surface area (Å²) in [4.78, 5) is 12.2. The van der Waals surface area contributed by atoms with E-state index in [1.165, 1.54) is 0 Å². The van der Waals surface area contributed by atoms with E-state index in [0.29, 0.717) is 32.7 Å². The predicted octanol–water partition coefficient (Wildman–Crippen LogP) is 0.990. The van der Waals surface area contributed by atoms with E-state index >= 15 is 0 Å². The first kappa shape index (κ1) is 13.3. The summed E-state index contributed by atoms with van der Waals surface area (Å²) in [7, 11) is 0. The summed E-state index contributed by atoms with van der Waals surface area (Å²) in [5.74, 6) is -0.131. The van der Waals surface area contributed by atoms with Crippen molar-refractivity contribution in [1.29, 1.82) is 5.26 Å². The van der Waals surface area contributed by atoms with Crippen LogP contribution in [0.2, 0.25) is 0 Å². The first-order valence-corrected chi connectivity index (χ1v) is 6.62. The topological polar surface area (TPSA) is 71.3 Å². The highest BCUT2D eigenvalue weighted by Crippen LogP contribution is 2.31. The van der Waals surface area contributed by atoms with Gasteiger partial charge in [-0.3, -0.25) is 4.79 Å². The highest BCUT2D eigenvalue weighted by Gasteiger charge is 2.42. The Hall–Kier alpha value is -1.12. The third-order valence-electron chi connectivity index (χ3n) is 3.83. The van der Waals surface area contributed by atoms with Gasteiger partial charge in [-0.15, -0.1) is 0 Å². The molecule has 2 rings (SSSR count). The molecule has 0 aromatic heterocycles. The van der Waals surface area contributed by atoms with Gasteiger partial charge in [-0.1, -0.05) is 0 Å². The van der Waals surface area contributed by atoms with Crippen LogP contribution in [0.4, 0.5) is 0 Å². The lowest BCUT2D eigenvalue weighted by atomic mass is 9.79. The van der Waals surface area contributed by atoms with Crippen molar-refractivity contribution in [2.75, 3.05) is 19.8 Å². The summed E-state index contributed by atoms with van der Waals surface area (Å²) in [6.07, 6.45) is 2.98. The van der Waals surface area contributed by atoms with Crippen molar-refractivity contribution in [2.24, 2.45) is 5.41 Å². The molecule has 1 aliphatic heterocycles. The molecule has 5 heteroatoms. The zero-order valence-electron chi connectivity index (χ0n) is 10.8. The third kappa shape index (κ3) is 2.65. The van der Waals surface area contributed by atoms with Gasteiger partial charge < -0.3 is 14.8 Å². The van der Waals surface area contributed by atoms with Gasteiger partial charge in [0.1, 0.15) is 5.41 Å². The Morgan fingerprint density at radius 2 is 2.17 bits per heavy atom. The van der Waals surface area contributed by atoms with Crippen LogP contribution in [0.25, 0.3) is 0 Å². The molecule has 1 heterocycles. The molecule has 0 unspecified atom stereocenters. The molecule has 1 N–H and O–H groups in total. The molecule has 0 aromatic rings. The standard InChI is InChI=1S/C13H20N2O3/c1-2-18-11-7-10(8-11)15-12(16)13(9-14)3-5-17-6-4-13/h10-11H,2-8H2,1H3,(H,15,16). The fraction of sp³-hybridized carbons (Fsp3) is 0.846. The second-order valence-corrected chi connectivity index (χ2v) is 5.03. The van der Waals surface area contributed by atoms with E-state index in [4.69, 9.17) is 9.47 Å². The number of nitrogens with zero attached hydrogens (tertiary/aromatic N) is 1. The molecule has 1 aliphatic carbocycles. The lowest BCUT2D eigenvalue weighted by Crippen LogP contribution is -2.53. The molecule has 0 radical (unpaired) electrons. The molecule has 0 spiro atoms. The highest BCUT2D eigenvalue weighted by molar-refractivity contribution is 5.85. The minimum absolute atomic E-state index is 0.131. The average Bonchev–Trinajstić information content (AvgIpc) is 2.37. The van der Waals surface area contributed by atoms with E-state index < -0.39 is 5.41 Å². The molecule has 2 fully saturated rings. The largest absolute Gasteiger partial charge is 0.381 e. The zero-order chi connectivity index (χ0) is 13.0. The molecule has 1 saturated heterocycles. The SMILES string of the molecule is CCOC1CC(NC(=O)C2(C#N)CCOCC2)C1. The number of carbonyl (C=O) groups excluding carboxylic acids is 1. The number of amides is 1. The maximum atomic E-state index is 12.2. The molecule has 0 aromatic carbocycles. The Kier molecular flexibility index (Phi) is 4.20. The molecule has 0 bridgehead atoms. The van der Waals surface area contributed by atoms with Crippen LogP contribution in [0.15, 0.2) is 0 Å². The Balaban J connectivity index is 1.82. The quantitative estimate of drug-likeness (QED) is 0.810. The van der Waals surface area contributed by atoms with Gasteiger partial charge in [-0.25, -0.2) is 0 Å². The Bertz CT molecular complexity index is 339. The van der Waals surface area contributed by atoms with Crippen molar-refractivity contribution >= 4 is 5.91 Å². The van der Waals surface area contributed by atoms with Crippen LogP contribution in [-0.4, -0.2) is 37.9 Å². The monoisotopic (exact) mass is 252 g/mol. The van der Waals surface area contributed by atoms with Crippen molar-refractivity contribution in [3.63, 3.8) is 0 Å². The maximum absolute atomic E-state index is 12.2. The lowest BCUT2D eigenvalue weighted by molar-refractivity contribution is -0.135. The van der Waals surface area contributed by atoms with Gasteiger partial charge in [0.2, 0.25) is 5.91 Å². The maximum Gasteiger partial charge on any atom is 0.240 e. The fourth-order valence-corrected chi connectivity index (χ4v) is 2.49. The van der Waals surface area contributed by atoms with E-state index in [1.54, 1.807) is 0 Å². The van der Waals surface area contributed by atoms with Gasteiger partial charge in [0.25, 0.3) is 0 Å². The number of hydrogen-bond acceptors (Lipinski definition) is 4. The molecule has 100 valence electrons. The van der Waals surface area contributed by atoms with Gasteiger partial charge in [-0.05, 0) is 32.6 Å². The van der Waals surface area contributed by atoms with E-state index in [9.17, 15) is 10.1 Å². The minimum Gasteiger partial charge on any atom is -0.381 e. The van der Waals surface area contributed by atoms with E-state index in [2.05, 4.69) is 11.4 Å². The van der Waals surface area contributed by atoms with E-state index in [-0.39, 0.29) is 18.1 Å². The van der Waals surface area contributed by atoms with Crippen LogP contribution in [0.1, 0.15) is 32.6 Å². The molecule has 1 amide bonds. The second-order valence-electron chi connectivity index (χ2n) is 5.03. The van der Waals surface area contributed by atoms with Gasteiger partial charge in [0.05, 0.1) is 12.2 Å². The Morgan fingerprint density at radius 3 is 2.72 bits per heavy atom. The smallest absolute Gasteiger partial charge is 0.240 e. The van der Waals surface area contributed by atoms with Gasteiger partial charge >= 0.3 is 0 Å². The summed E-state index contributed by atoms with van der Waals surface area (Å²) < 4.78 is 10.7. The first-order chi connectivity index (χ1) is 8.70. The van der Waals surface area contributed by atoms with Crippen molar-refractivity contribution in [2.45, 2.75) is 44.8 Å². The molecule has 5 nitrogen and oxygen atoms in total. The first-order valence-electron chi connectivity index (χ1n) is 6.62. The average molecular weight is 252 g/mol. The Morgan fingerprint density at radius 1 is 1.50 bits per heavy atom. The van der Waals surface area contributed by atoms with Crippen molar-refractivity contribution in [3.8, 4) is 6.07 Å². The molecule has 1 saturated carbocycles. The van der Waals surface area contributed by atoms with Crippen LogP contribution in [0, 0.1) is 16.7 Å². The van der Waals surface area contributed by atoms with E-state index in [0.717, 1.165) is 12.8 Å². The summed E-state index contributed by atoms with van der Waals surface area (Å²) in [5, 5.41) is 12.2. The molecule has 2 aliphatic rings. The fourth-order valence-electron chi connectivity index (χ4n) is 2.49. The number of nitrogens with one attached hydrogen (secondary N) is 1. The van der Waals surface area contributed by atoms with Gasteiger partial charge in [0, 0.05) is 25.9 Å². The minimum atomic E-state index is -0.880. The predicted molar refractivity (Wildman–Crippen MR) is 64.7 cm³/mol. The lowest BCUT2D eigenvalue weighted by Gasteiger charge is -2.38. The van der Waals surface area contributed by atoms with Crippen LogP contribution in [-0.2, 0) is 14.3 Å². The summed E-state index contributed by atoms with van der Waals surface area (Å²) in [6, 6.07) is 2.35. The second kappa shape index (κ2) is 5.68. The summed E-state index contributed by atoms with van der Waals surface area (Å²) >= 11 is 0. The molecule has 0 atom stereocenters. The van der Waals surface area contributed by atoms with Crippen molar-refractivity contribution in [3.05, 3.63) is 0 Å². The number of rotatable bonds is 4. The highest BCUT2D eigenvalue weighted by atomic mass is 16.5. The van der Waals surface area contributed by atoms with E-state index in [1.807, 2.05) is 6.92 Å². The molecular formula is C13H20N2O3. The van der Waals surface area contributed by atoms with Gasteiger partial charge in [0.15, 0.2) is 0 Å². The molecule has 18 heavy (non-hydrogen) atoms. The van der Waals surface area contributed by atoms with Crippen LogP contribution >= 0.6 is 0 Å². The summed E-state index contributed by atoms with van der Waals surface area (Å²) in [5.41, 5.74) is -0.880. The van der Waals surface area contributed by atoms with Crippen molar-refractivity contribution < 1.29 is 14.3 Å². The summed E-state index contributed by atoms with van der Waals surface area (Å²) in [6.45, 7) is 3.67. The van der Waals surface area contributed by atoms with Crippen LogP contribution in [0.5, 0.6) is 0 Å². The molecular weight excluding hydrogens is 232 g/mol. The van der Waals surface area contributed by atoms with Crippen LogP contribution in [0.3, 0.4) is 0 Å². The number of carbonyl (C=O) groups is 1. The number of ether oxygens (including phenoxy) is 2.